The first-order valence-corrected chi connectivity index (χ1v) is 11.7. The second-order valence-corrected chi connectivity index (χ2v) is 9.19. The van der Waals surface area contributed by atoms with Crippen LogP contribution < -0.4 is 10.6 Å². The molecule has 1 heterocycles. The van der Waals surface area contributed by atoms with Crippen LogP contribution in [0.2, 0.25) is 0 Å². The quantitative estimate of drug-likeness (QED) is 0.472. The highest BCUT2D eigenvalue weighted by Crippen LogP contribution is 2.63. The molecule has 34 heavy (non-hydrogen) atoms. The van der Waals surface area contributed by atoms with Crippen molar-refractivity contribution in [3.05, 3.63) is 102 Å². The summed E-state index contributed by atoms with van der Waals surface area (Å²) in [6.07, 6.45) is 2.09. The molecule has 1 aliphatic rings. The number of hydrogen-bond acceptors (Lipinski definition) is 4. The third-order valence-corrected chi connectivity index (χ3v) is 6.80. The third-order valence-electron chi connectivity index (χ3n) is 6.80. The molecule has 0 aliphatic heterocycles. The summed E-state index contributed by atoms with van der Waals surface area (Å²) in [6.45, 7) is 4.70. The molecule has 0 radical (unpaired) electrons. The SMILES string of the molecule is CC(C(=O)NCc1ccccn1)C1C[C@]1(C)C(NC(=O)OCc1ccccc1)c1ccccc1. The fourth-order valence-corrected chi connectivity index (χ4v) is 4.68. The van der Waals surface area contributed by atoms with Gasteiger partial charge in [-0.2, -0.15) is 0 Å². The molecule has 3 aromatic rings. The lowest BCUT2D eigenvalue weighted by Gasteiger charge is -2.28. The standard InChI is InChI=1S/C28H31N3O3/c1-20(26(32)30-18-23-15-9-10-16-29-23)24-17-28(24,2)25(22-13-7-4-8-14-22)31-27(33)34-19-21-11-5-3-6-12-21/h3-16,20,24-25H,17-19H2,1-2H3,(H,30,32)(H,31,33)/t20?,24?,25?,28-/m0/s1. The molecule has 0 bridgehead atoms. The minimum absolute atomic E-state index is 0.00200. The summed E-state index contributed by atoms with van der Waals surface area (Å²) in [5.74, 6) is -0.0595. The van der Waals surface area contributed by atoms with Gasteiger partial charge in [0.05, 0.1) is 18.3 Å². The van der Waals surface area contributed by atoms with Gasteiger partial charge in [-0.3, -0.25) is 9.78 Å². The van der Waals surface area contributed by atoms with E-state index in [2.05, 4.69) is 22.5 Å². The second-order valence-electron chi connectivity index (χ2n) is 9.19. The Labute approximate surface area is 200 Å². The highest BCUT2D eigenvalue weighted by molar-refractivity contribution is 5.79. The van der Waals surface area contributed by atoms with E-state index in [0.717, 1.165) is 23.2 Å². The van der Waals surface area contributed by atoms with Gasteiger partial charge >= 0.3 is 6.09 Å². The van der Waals surface area contributed by atoms with E-state index < -0.39 is 6.09 Å². The van der Waals surface area contributed by atoms with Crippen LogP contribution in [-0.2, 0) is 22.7 Å². The van der Waals surface area contributed by atoms with Crippen molar-refractivity contribution in [2.24, 2.45) is 17.3 Å². The zero-order chi connectivity index (χ0) is 24.0. The number of amides is 2. The average molecular weight is 458 g/mol. The molecule has 0 spiro atoms. The fraction of sp³-hybridized carbons (Fsp3) is 0.321. The maximum atomic E-state index is 12.9. The monoisotopic (exact) mass is 457 g/mol. The summed E-state index contributed by atoms with van der Waals surface area (Å²) >= 11 is 0. The molecule has 176 valence electrons. The number of carbonyl (C=O) groups excluding carboxylic acids is 2. The van der Waals surface area contributed by atoms with Crippen LogP contribution in [0.1, 0.15) is 43.1 Å². The lowest BCUT2D eigenvalue weighted by Crippen LogP contribution is -2.37. The number of nitrogens with one attached hydrogen (secondary N) is 2. The maximum Gasteiger partial charge on any atom is 0.407 e. The largest absolute Gasteiger partial charge is 0.445 e. The van der Waals surface area contributed by atoms with E-state index in [9.17, 15) is 9.59 Å². The van der Waals surface area contributed by atoms with E-state index in [1.54, 1.807) is 6.20 Å². The Morgan fingerprint density at radius 1 is 1.03 bits per heavy atom. The first-order chi connectivity index (χ1) is 16.5. The molecule has 2 amide bonds. The van der Waals surface area contributed by atoms with Gasteiger partial charge in [0.15, 0.2) is 0 Å². The minimum Gasteiger partial charge on any atom is -0.445 e. The van der Waals surface area contributed by atoms with E-state index in [1.807, 2.05) is 85.8 Å². The number of pyridine rings is 1. The summed E-state index contributed by atoms with van der Waals surface area (Å²) in [5.41, 5.74) is 2.51. The van der Waals surface area contributed by atoms with E-state index in [-0.39, 0.29) is 35.8 Å². The number of hydrogen-bond donors (Lipinski definition) is 2. The number of alkyl carbamates (subject to hydrolysis) is 1. The average Bonchev–Trinajstić information content (AvgIpc) is 3.58. The van der Waals surface area contributed by atoms with Gasteiger partial charge in [-0.05, 0) is 41.0 Å². The van der Waals surface area contributed by atoms with Crippen LogP contribution in [0.3, 0.4) is 0 Å². The number of ether oxygens (including phenoxy) is 1. The molecule has 4 atom stereocenters. The molecule has 0 saturated heterocycles. The zero-order valence-electron chi connectivity index (χ0n) is 19.6. The summed E-state index contributed by atoms with van der Waals surface area (Å²) in [4.78, 5) is 29.9. The van der Waals surface area contributed by atoms with Crippen molar-refractivity contribution >= 4 is 12.0 Å². The fourth-order valence-electron chi connectivity index (χ4n) is 4.68. The van der Waals surface area contributed by atoms with Gasteiger partial charge in [0.25, 0.3) is 0 Å². The van der Waals surface area contributed by atoms with Crippen molar-refractivity contribution in [1.82, 2.24) is 15.6 Å². The van der Waals surface area contributed by atoms with Crippen molar-refractivity contribution in [3.8, 4) is 0 Å². The van der Waals surface area contributed by atoms with Crippen LogP contribution in [0.5, 0.6) is 0 Å². The minimum atomic E-state index is -0.461. The normalized spacial score (nSPS) is 20.6. The Morgan fingerprint density at radius 2 is 1.71 bits per heavy atom. The molecule has 1 saturated carbocycles. The predicted molar refractivity (Wildman–Crippen MR) is 130 cm³/mol. The Bertz CT molecular complexity index is 1090. The summed E-state index contributed by atoms with van der Waals surface area (Å²) in [6, 6.07) is 24.9. The number of aromatic nitrogens is 1. The van der Waals surface area contributed by atoms with Gasteiger partial charge in [-0.25, -0.2) is 4.79 Å². The van der Waals surface area contributed by atoms with E-state index in [0.29, 0.717) is 6.54 Å². The van der Waals surface area contributed by atoms with Crippen molar-refractivity contribution < 1.29 is 14.3 Å². The Hall–Kier alpha value is -3.67. The number of nitrogens with zero attached hydrogens (tertiary/aromatic N) is 1. The highest BCUT2D eigenvalue weighted by atomic mass is 16.5. The first-order valence-electron chi connectivity index (χ1n) is 11.7. The molecular weight excluding hydrogens is 426 g/mol. The highest BCUT2D eigenvalue weighted by Gasteiger charge is 2.59. The maximum absolute atomic E-state index is 12.9. The van der Waals surface area contributed by atoms with Gasteiger partial charge in [0.2, 0.25) is 5.91 Å². The van der Waals surface area contributed by atoms with E-state index >= 15 is 0 Å². The smallest absolute Gasteiger partial charge is 0.407 e. The van der Waals surface area contributed by atoms with E-state index in [4.69, 9.17) is 4.74 Å². The number of benzene rings is 2. The van der Waals surface area contributed by atoms with Gasteiger partial charge in [0.1, 0.15) is 6.61 Å². The molecule has 6 nitrogen and oxygen atoms in total. The third kappa shape index (κ3) is 5.63. The van der Waals surface area contributed by atoms with Gasteiger partial charge in [-0.1, -0.05) is 80.6 Å². The molecule has 3 unspecified atom stereocenters. The lowest BCUT2D eigenvalue weighted by atomic mass is 9.86. The van der Waals surface area contributed by atoms with Crippen LogP contribution in [-0.4, -0.2) is 17.0 Å². The number of rotatable bonds is 9. The van der Waals surface area contributed by atoms with Crippen LogP contribution >= 0.6 is 0 Å². The summed E-state index contributed by atoms with van der Waals surface area (Å²) in [5, 5.41) is 6.09. The molecule has 4 rings (SSSR count). The Balaban J connectivity index is 1.40. The van der Waals surface area contributed by atoms with Gasteiger partial charge in [0, 0.05) is 12.1 Å². The van der Waals surface area contributed by atoms with Crippen LogP contribution in [0, 0.1) is 17.3 Å². The summed E-state index contributed by atoms with van der Waals surface area (Å²) < 4.78 is 5.50. The van der Waals surface area contributed by atoms with Crippen molar-refractivity contribution in [2.45, 2.75) is 39.5 Å². The van der Waals surface area contributed by atoms with Gasteiger partial charge in [-0.15, -0.1) is 0 Å². The van der Waals surface area contributed by atoms with Crippen molar-refractivity contribution in [1.29, 1.82) is 0 Å². The predicted octanol–water partition coefficient (Wildman–Crippen LogP) is 5.03. The molecule has 2 N–H and O–H groups in total. The topological polar surface area (TPSA) is 80.3 Å². The molecular formula is C28H31N3O3. The van der Waals surface area contributed by atoms with Crippen molar-refractivity contribution in [3.63, 3.8) is 0 Å². The molecule has 1 aliphatic carbocycles. The molecule has 6 heteroatoms. The van der Waals surface area contributed by atoms with Crippen LogP contribution in [0.4, 0.5) is 4.79 Å². The second kappa shape index (κ2) is 10.5. The van der Waals surface area contributed by atoms with E-state index in [1.165, 1.54) is 0 Å². The zero-order valence-corrected chi connectivity index (χ0v) is 19.6. The first kappa shape index (κ1) is 23.5. The molecule has 1 fully saturated rings. The molecule has 2 aromatic carbocycles. The Kier molecular flexibility index (Phi) is 7.26. The summed E-state index contributed by atoms with van der Waals surface area (Å²) in [7, 11) is 0. The van der Waals surface area contributed by atoms with Crippen LogP contribution in [0.15, 0.2) is 85.1 Å². The van der Waals surface area contributed by atoms with Gasteiger partial charge < -0.3 is 15.4 Å². The lowest BCUT2D eigenvalue weighted by molar-refractivity contribution is -0.125. The number of carbonyl (C=O) groups is 2. The Morgan fingerprint density at radius 3 is 2.38 bits per heavy atom. The van der Waals surface area contributed by atoms with Crippen molar-refractivity contribution in [2.75, 3.05) is 0 Å². The van der Waals surface area contributed by atoms with Crippen LogP contribution in [0.25, 0.3) is 0 Å². The molecule has 1 aromatic heterocycles.